The summed E-state index contributed by atoms with van der Waals surface area (Å²) in [5, 5.41) is 12.6. The number of aliphatic hydroxyl groups excluding tert-OH is 1. The molecule has 0 bridgehead atoms. The van der Waals surface area contributed by atoms with Gasteiger partial charge in [-0.05, 0) is 30.7 Å². The summed E-state index contributed by atoms with van der Waals surface area (Å²) < 4.78 is 10.5. The van der Waals surface area contributed by atoms with Gasteiger partial charge < -0.3 is 19.9 Å². The molecule has 4 nitrogen and oxygen atoms in total. The zero-order chi connectivity index (χ0) is 12.3. The van der Waals surface area contributed by atoms with Gasteiger partial charge >= 0.3 is 0 Å². The molecule has 1 aromatic rings. The Kier molecular flexibility index (Phi) is 3.86. The Morgan fingerprint density at radius 1 is 1.24 bits per heavy atom. The highest BCUT2D eigenvalue weighted by atomic mass is 16.5. The van der Waals surface area contributed by atoms with Crippen molar-refractivity contribution in [2.75, 3.05) is 27.4 Å². The average Bonchev–Trinajstić information content (AvgIpc) is 2.86. The van der Waals surface area contributed by atoms with Crippen LogP contribution in [-0.2, 0) is 0 Å². The van der Waals surface area contributed by atoms with Gasteiger partial charge in [-0.3, -0.25) is 0 Å². The highest BCUT2D eigenvalue weighted by molar-refractivity contribution is 5.40. The van der Waals surface area contributed by atoms with E-state index < -0.39 is 0 Å². The van der Waals surface area contributed by atoms with Crippen LogP contribution in [-0.4, -0.2) is 38.5 Å². The topological polar surface area (TPSA) is 50.7 Å². The van der Waals surface area contributed by atoms with Gasteiger partial charge in [0.1, 0.15) is 11.5 Å². The van der Waals surface area contributed by atoms with Gasteiger partial charge in [0.2, 0.25) is 0 Å². The summed E-state index contributed by atoms with van der Waals surface area (Å²) in [6.07, 6.45) is 1.03. The number of rotatable bonds is 4. The summed E-state index contributed by atoms with van der Waals surface area (Å²) in [5.74, 6) is 1.91. The zero-order valence-corrected chi connectivity index (χ0v) is 10.3. The van der Waals surface area contributed by atoms with Crippen LogP contribution in [0.25, 0.3) is 0 Å². The molecule has 2 rings (SSSR count). The molecule has 1 fully saturated rings. The molecule has 1 aliphatic heterocycles. The van der Waals surface area contributed by atoms with Crippen LogP contribution in [0.3, 0.4) is 0 Å². The zero-order valence-electron chi connectivity index (χ0n) is 10.3. The Hall–Kier alpha value is -1.26. The molecule has 1 saturated heterocycles. The second-order valence-electron chi connectivity index (χ2n) is 4.28. The van der Waals surface area contributed by atoms with Gasteiger partial charge in [0.25, 0.3) is 0 Å². The van der Waals surface area contributed by atoms with Crippen molar-refractivity contribution >= 4 is 0 Å². The molecule has 0 amide bonds. The third-order valence-electron chi connectivity index (χ3n) is 3.35. The van der Waals surface area contributed by atoms with E-state index in [0.717, 1.165) is 30.0 Å². The first-order valence-electron chi connectivity index (χ1n) is 5.85. The van der Waals surface area contributed by atoms with Crippen molar-refractivity contribution in [3.63, 3.8) is 0 Å². The summed E-state index contributed by atoms with van der Waals surface area (Å²) in [7, 11) is 3.30. The van der Waals surface area contributed by atoms with Gasteiger partial charge in [0.05, 0.1) is 20.8 Å². The molecule has 1 aliphatic rings. The fourth-order valence-corrected chi connectivity index (χ4v) is 2.40. The Bertz CT molecular complexity index is 359. The maximum Gasteiger partial charge on any atom is 0.122 e. The SMILES string of the molecule is COc1cc(OC)cc([C@H]2CCN[C@@H]2CO)c1. The molecule has 2 N–H and O–H groups in total. The van der Waals surface area contributed by atoms with Crippen LogP contribution in [0.5, 0.6) is 11.5 Å². The first kappa shape index (κ1) is 12.2. The van der Waals surface area contributed by atoms with Crippen molar-refractivity contribution in [3.8, 4) is 11.5 Å². The van der Waals surface area contributed by atoms with Gasteiger partial charge in [-0.25, -0.2) is 0 Å². The van der Waals surface area contributed by atoms with E-state index in [-0.39, 0.29) is 12.6 Å². The fourth-order valence-electron chi connectivity index (χ4n) is 2.40. The standard InChI is InChI=1S/C13H19NO3/c1-16-10-5-9(6-11(7-10)17-2)12-3-4-14-13(12)8-15/h5-7,12-15H,3-4,8H2,1-2H3/t12-,13-/m1/s1. The first-order chi connectivity index (χ1) is 8.28. The molecule has 0 spiro atoms. The minimum atomic E-state index is 0.131. The molecule has 17 heavy (non-hydrogen) atoms. The number of benzene rings is 1. The number of hydrogen-bond acceptors (Lipinski definition) is 4. The van der Waals surface area contributed by atoms with Crippen LogP contribution < -0.4 is 14.8 Å². The summed E-state index contributed by atoms with van der Waals surface area (Å²) in [4.78, 5) is 0. The maximum atomic E-state index is 9.33. The van der Waals surface area contributed by atoms with Gasteiger partial charge in [-0.15, -0.1) is 0 Å². The van der Waals surface area contributed by atoms with Gasteiger partial charge in [-0.1, -0.05) is 0 Å². The highest BCUT2D eigenvalue weighted by Gasteiger charge is 2.28. The average molecular weight is 237 g/mol. The molecular weight excluding hydrogens is 218 g/mol. The third kappa shape index (κ3) is 2.53. The number of ether oxygens (including phenoxy) is 2. The second kappa shape index (κ2) is 5.38. The summed E-state index contributed by atoms with van der Waals surface area (Å²) in [6.45, 7) is 1.10. The van der Waals surface area contributed by atoms with Crippen molar-refractivity contribution in [3.05, 3.63) is 23.8 Å². The van der Waals surface area contributed by atoms with Crippen molar-refractivity contribution in [1.82, 2.24) is 5.32 Å². The van der Waals surface area contributed by atoms with Gasteiger partial charge in [-0.2, -0.15) is 0 Å². The molecule has 1 aromatic carbocycles. The van der Waals surface area contributed by atoms with E-state index in [1.165, 1.54) is 0 Å². The molecule has 0 aromatic heterocycles. The van der Waals surface area contributed by atoms with E-state index in [0.29, 0.717) is 5.92 Å². The lowest BCUT2D eigenvalue weighted by molar-refractivity contribution is 0.245. The first-order valence-corrected chi connectivity index (χ1v) is 5.85. The minimum absolute atomic E-state index is 0.131. The van der Waals surface area contributed by atoms with Gasteiger partial charge in [0.15, 0.2) is 0 Å². The Balaban J connectivity index is 2.30. The molecule has 0 saturated carbocycles. The largest absolute Gasteiger partial charge is 0.497 e. The van der Waals surface area contributed by atoms with E-state index in [4.69, 9.17) is 9.47 Å². The van der Waals surface area contributed by atoms with E-state index in [9.17, 15) is 5.11 Å². The Labute approximate surface area is 102 Å². The molecule has 0 radical (unpaired) electrons. The van der Waals surface area contributed by atoms with Gasteiger partial charge in [0, 0.05) is 18.0 Å². The lowest BCUT2D eigenvalue weighted by Crippen LogP contribution is -2.29. The normalized spacial score (nSPS) is 23.7. The monoisotopic (exact) mass is 237 g/mol. The molecule has 2 atom stereocenters. The quantitative estimate of drug-likeness (QED) is 0.824. The van der Waals surface area contributed by atoms with E-state index in [2.05, 4.69) is 5.32 Å². The van der Waals surface area contributed by atoms with Crippen molar-refractivity contribution in [2.24, 2.45) is 0 Å². The van der Waals surface area contributed by atoms with Crippen LogP contribution in [0.4, 0.5) is 0 Å². The van der Waals surface area contributed by atoms with Crippen LogP contribution >= 0.6 is 0 Å². The maximum absolute atomic E-state index is 9.33. The summed E-state index contributed by atoms with van der Waals surface area (Å²) in [5.41, 5.74) is 1.16. The van der Waals surface area contributed by atoms with Crippen LogP contribution in [0.2, 0.25) is 0 Å². The van der Waals surface area contributed by atoms with Crippen molar-refractivity contribution in [1.29, 1.82) is 0 Å². The fraction of sp³-hybridized carbons (Fsp3) is 0.538. The third-order valence-corrected chi connectivity index (χ3v) is 3.35. The minimum Gasteiger partial charge on any atom is -0.497 e. The number of hydrogen-bond donors (Lipinski definition) is 2. The van der Waals surface area contributed by atoms with Crippen molar-refractivity contribution < 1.29 is 14.6 Å². The molecule has 0 aliphatic carbocycles. The number of methoxy groups -OCH3 is 2. The number of aliphatic hydroxyl groups is 1. The van der Waals surface area contributed by atoms with Crippen LogP contribution in [0, 0.1) is 0 Å². The molecule has 1 heterocycles. The number of nitrogens with one attached hydrogen (secondary N) is 1. The predicted octanol–water partition coefficient (Wildman–Crippen LogP) is 1.14. The molecule has 4 heteroatoms. The van der Waals surface area contributed by atoms with E-state index in [1.54, 1.807) is 14.2 Å². The second-order valence-corrected chi connectivity index (χ2v) is 4.28. The molecule has 0 unspecified atom stereocenters. The lowest BCUT2D eigenvalue weighted by atomic mass is 9.92. The van der Waals surface area contributed by atoms with E-state index in [1.807, 2.05) is 18.2 Å². The van der Waals surface area contributed by atoms with Crippen LogP contribution in [0.15, 0.2) is 18.2 Å². The smallest absolute Gasteiger partial charge is 0.122 e. The van der Waals surface area contributed by atoms with E-state index >= 15 is 0 Å². The lowest BCUT2D eigenvalue weighted by Gasteiger charge is -2.19. The van der Waals surface area contributed by atoms with Crippen molar-refractivity contribution in [2.45, 2.75) is 18.4 Å². The Morgan fingerprint density at radius 2 is 1.88 bits per heavy atom. The summed E-state index contributed by atoms with van der Waals surface area (Å²) >= 11 is 0. The predicted molar refractivity (Wildman–Crippen MR) is 65.8 cm³/mol. The summed E-state index contributed by atoms with van der Waals surface area (Å²) in [6, 6.07) is 6.03. The van der Waals surface area contributed by atoms with Crippen LogP contribution in [0.1, 0.15) is 17.9 Å². The Morgan fingerprint density at radius 3 is 2.41 bits per heavy atom. The molecule has 94 valence electrons. The molecular formula is C13H19NO3. The highest BCUT2D eigenvalue weighted by Crippen LogP contribution is 2.33.